The third-order valence-corrected chi connectivity index (χ3v) is 5.53. The van der Waals surface area contributed by atoms with Gasteiger partial charge in [-0.05, 0) is 11.1 Å². The summed E-state index contributed by atoms with van der Waals surface area (Å²) in [5.74, 6) is 0.213. The van der Waals surface area contributed by atoms with Crippen LogP contribution in [0.25, 0.3) is 0 Å². The zero-order chi connectivity index (χ0) is 17.1. The van der Waals surface area contributed by atoms with E-state index in [0.717, 1.165) is 32.5 Å². The summed E-state index contributed by atoms with van der Waals surface area (Å²) in [7, 11) is 0. The summed E-state index contributed by atoms with van der Waals surface area (Å²) in [6, 6.07) is 21.0. The Morgan fingerprint density at radius 1 is 1.00 bits per heavy atom. The van der Waals surface area contributed by atoms with Gasteiger partial charge in [-0.25, -0.2) is 4.79 Å². The van der Waals surface area contributed by atoms with Crippen molar-refractivity contribution in [1.82, 2.24) is 10.2 Å². The SMILES string of the molecule is O=C1NCC(c2ccccc2)C2(CCN(Cc3ccccc3)CC2)O1. The van der Waals surface area contributed by atoms with Gasteiger partial charge in [-0.1, -0.05) is 60.7 Å². The fourth-order valence-corrected chi connectivity index (χ4v) is 4.15. The van der Waals surface area contributed by atoms with Gasteiger partial charge in [0.1, 0.15) is 5.60 Å². The summed E-state index contributed by atoms with van der Waals surface area (Å²) in [6.45, 7) is 3.51. The summed E-state index contributed by atoms with van der Waals surface area (Å²) in [5, 5.41) is 2.88. The first kappa shape index (κ1) is 16.2. The van der Waals surface area contributed by atoms with Crippen LogP contribution >= 0.6 is 0 Å². The predicted molar refractivity (Wildman–Crippen MR) is 97.4 cm³/mol. The maximum atomic E-state index is 11.9. The number of benzene rings is 2. The van der Waals surface area contributed by atoms with Crippen LogP contribution in [0, 0.1) is 0 Å². The molecule has 4 heteroatoms. The van der Waals surface area contributed by atoms with E-state index in [4.69, 9.17) is 4.74 Å². The number of ether oxygens (including phenoxy) is 1. The van der Waals surface area contributed by atoms with E-state index in [1.165, 1.54) is 11.1 Å². The van der Waals surface area contributed by atoms with Gasteiger partial charge in [0.15, 0.2) is 0 Å². The molecule has 0 aliphatic carbocycles. The van der Waals surface area contributed by atoms with Gasteiger partial charge in [0.25, 0.3) is 0 Å². The number of nitrogens with zero attached hydrogens (tertiary/aromatic N) is 1. The highest BCUT2D eigenvalue weighted by atomic mass is 16.6. The number of hydrogen-bond donors (Lipinski definition) is 1. The Morgan fingerprint density at radius 2 is 1.64 bits per heavy atom. The molecule has 0 saturated carbocycles. The molecule has 25 heavy (non-hydrogen) atoms. The molecule has 2 aromatic carbocycles. The number of amides is 1. The fraction of sp³-hybridized carbons (Fsp3) is 0.381. The number of rotatable bonds is 3. The number of alkyl carbamates (subject to hydrolysis) is 1. The lowest BCUT2D eigenvalue weighted by Gasteiger charge is -2.48. The van der Waals surface area contributed by atoms with Crippen molar-refractivity contribution in [3.05, 3.63) is 71.8 Å². The van der Waals surface area contributed by atoms with Crippen LogP contribution in [-0.2, 0) is 11.3 Å². The molecule has 130 valence electrons. The maximum Gasteiger partial charge on any atom is 0.407 e. The molecule has 2 saturated heterocycles. The Morgan fingerprint density at radius 3 is 2.32 bits per heavy atom. The Balaban J connectivity index is 1.49. The molecular formula is C21H24N2O2. The standard InChI is InChI=1S/C21H24N2O2/c24-20-22-15-19(18-9-5-2-6-10-18)21(25-20)11-13-23(14-12-21)16-17-7-3-1-4-8-17/h1-10,19H,11-16H2,(H,22,24). The quantitative estimate of drug-likeness (QED) is 0.932. The average Bonchev–Trinajstić information content (AvgIpc) is 2.65. The van der Waals surface area contributed by atoms with E-state index in [9.17, 15) is 4.79 Å². The topological polar surface area (TPSA) is 41.6 Å². The van der Waals surface area contributed by atoms with Crippen molar-refractivity contribution in [1.29, 1.82) is 0 Å². The van der Waals surface area contributed by atoms with Crippen molar-refractivity contribution >= 4 is 6.09 Å². The molecule has 1 unspecified atom stereocenters. The van der Waals surface area contributed by atoms with Gasteiger partial charge in [-0.15, -0.1) is 0 Å². The third-order valence-electron chi connectivity index (χ3n) is 5.53. The zero-order valence-electron chi connectivity index (χ0n) is 14.4. The summed E-state index contributed by atoms with van der Waals surface area (Å²) in [4.78, 5) is 14.4. The Labute approximate surface area is 148 Å². The van der Waals surface area contributed by atoms with E-state index in [-0.39, 0.29) is 17.6 Å². The smallest absolute Gasteiger partial charge is 0.407 e. The molecule has 1 atom stereocenters. The first-order chi connectivity index (χ1) is 12.3. The molecule has 2 aromatic rings. The van der Waals surface area contributed by atoms with Gasteiger partial charge in [0.05, 0.1) is 0 Å². The van der Waals surface area contributed by atoms with E-state index < -0.39 is 0 Å². The number of piperidine rings is 1. The second kappa shape index (κ2) is 6.89. The Hall–Kier alpha value is -2.33. The second-order valence-electron chi connectivity index (χ2n) is 7.06. The minimum absolute atomic E-state index is 0.213. The molecule has 4 nitrogen and oxygen atoms in total. The van der Waals surface area contributed by atoms with Gasteiger partial charge in [0, 0.05) is 44.9 Å². The molecule has 4 rings (SSSR count). The van der Waals surface area contributed by atoms with Crippen molar-refractivity contribution in [2.75, 3.05) is 19.6 Å². The summed E-state index contributed by atoms with van der Waals surface area (Å²) < 4.78 is 5.90. The van der Waals surface area contributed by atoms with Crippen molar-refractivity contribution in [2.24, 2.45) is 0 Å². The molecule has 0 radical (unpaired) electrons. The molecule has 2 heterocycles. The van der Waals surface area contributed by atoms with Crippen LogP contribution in [0.1, 0.15) is 29.9 Å². The van der Waals surface area contributed by atoms with E-state index in [1.807, 2.05) is 12.1 Å². The molecule has 0 bridgehead atoms. The lowest BCUT2D eigenvalue weighted by molar-refractivity contribution is -0.0702. The number of nitrogens with one attached hydrogen (secondary N) is 1. The third kappa shape index (κ3) is 3.40. The minimum atomic E-state index is -0.378. The van der Waals surface area contributed by atoms with Crippen LogP contribution in [0.3, 0.4) is 0 Å². The summed E-state index contributed by atoms with van der Waals surface area (Å²) >= 11 is 0. The lowest BCUT2D eigenvalue weighted by Crippen LogP contribution is -2.57. The molecule has 1 N–H and O–H groups in total. The average molecular weight is 336 g/mol. The van der Waals surface area contributed by atoms with Crippen LogP contribution in [-0.4, -0.2) is 36.2 Å². The molecule has 1 amide bonds. The molecule has 2 fully saturated rings. The van der Waals surface area contributed by atoms with Gasteiger partial charge in [0.2, 0.25) is 0 Å². The van der Waals surface area contributed by atoms with Crippen LogP contribution in [0.5, 0.6) is 0 Å². The van der Waals surface area contributed by atoms with E-state index >= 15 is 0 Å². The number of hydrogen-bond acceptors (Lipinski definition) is 3. The highest BCUT2D eigenvalue weighted by molar-refractivity contribution is 5.69. The van der Waals surface area contributed by atoms with Gasteiger partial charge in [-0.2, -0.15) is 0 Å². The summed E-state index contributed by atoms with van der Waals surface area (Å²) in [6.07, 6.45) is 1.49. The minimum Gasteiger partial charge on any atom is -0.442 e. The van der Waals surface area contributed by atoms with Crippen molar-refractivity contribution in [3.63, 3.8) is 0 Å². The molecule has 2 aliphatic heterocycles. The van der Waals surface area contributed by atoms with Crippen molar-refractivity contribution < 1.29 is 9.53 Å². The lowest BCUT2D eigenvalue weighted by atomic mass is 9.74. The first-order valence-electron chi connectivity index (χ1n) is 9.03. The first-order valence-corrected chi connectivity index (χ1v) is 9.03. The Kier molecular flexibility index (Phi) is 4.45. The van der Waals surface area contributed by atoms with Crippen LogP contribution < -0.4 is 5.32 Å². The monoisotopic (exact) mass is 336 g/mol. The largest absolute Gasteiger partial charge is 0.442 e. The van der Waals surface area contributed by atoms with Gasteiger partial charge >= 0.3 is 6.09 Å². The fourth-order valence-electron chi connectivity index (χ4n) is 4.15. The van der Waals surface area contributed by atoms with E-state index in [0.29, 0.717) is 6.54 Å². The van der Waals surface area contributed by atoms with Crippen LogP contribution in [0.15, 0.2) is 60.7 Å². The molecular weight excluding hydrogens is 312 g/mol. The second-order valence-corrected chi connectivity index (χ2v) is 7.06. The molecule has 1 spiro atoms. The number of carbonyl (C=O) groups excluding carboxylic acids is 1. The van der Waals surface area contributed by atoms with Crippen molar-refractivity contribution in [2.45, 2.75) is 30.9 Å². The maximum absolute atomic E-state index is 11.9. The molecule has 0 aromatic heterocycles. The van der Waals surface area contributed by atoms with Crippen LogP contribution in [0.4, 0.5) is 4.79 Å². The van der Waals surface area contributed by atoms with E-state index in [1.54, 1.807) is 0 Å². The predicted octanol–water partition coefficient (Wildman–Crippen LogP) is 3.54. The highest BCUT2D eigenvalue weighted by Crippen LogP contribution is 2.41. The highest BCUT2D eigenvalue weighted by Gasteiger charge is 2.48. The number of carbonyl (C=O) groups is 1. The molecule has 2 aliphatic rings. The number of likely N-dealkylation sites (tertiary alicyclic amines) is 1. The normalized spacial score (nSPS) is 23.0. The Bertz CT molecular complexity index is 709. The van der Waals surface area contributed by atoms with Gasteiger partial charge < -0.3 is 10.1 Å². The summed E-state index contributed by atoms with van der Waals surface area (Å²) in [5.41, 5.74) is 2.20. The van der Waals surface area contributed by atoms with E-state index in [2.05, 4.69) is 58.7 Å². The van der Waals surface area contributed by atoms with Gasteiger partial charge in [-0.3, -0.25) is 4.90 Å². The van der Waals surface area contributed by atoms with Crippen molar-refractivity contribution in [3.8, 4) is 0 Å². The zero-order valence-corrected chi connectivity index (χ0v) is 14.4. The van der Waals surface area contributed by atoms with Crippen LogP contribution in [0.2, 0.25) is 0 Å².